The standard InChI is InChI=1S/C11H19NO2/c13-10-4-2-1-3-8(10)7-9-5-6-12-11(9)14/h8-10,13H,1-7H2,(H,12,14). The number of amides is 1. The highest BCUT2D eigenvalue weighted by atomic mass is 16.3. The van der Waals surface area contributed by atoms with Gasteiger partial charge < -0.3 is 10.4 Å². The van der Waals surface area contributed by atoms with Crippen LogP contribution in [0.1, 0.15) is 38.5 Å². The Morgan fingerprint density at radius 2 is 2.07 bits per heavy atom. The molecule has 3 unspecified atom stereocenters. The summed E-state index contributed by atoms with van der Waals surface area (Å²) in [7, 11) is 0. The molecule has 0 bridgehead atoms. The maximum atomic E-state index is 11.4. The largest absolute Gasteiger partial charge is 0.393 e. The molecule has 1 aliphatic carbocycles. The summed E-state index contributed by atoms with van der Waals surface area (Å²) in [5.41, 5.74) is 0. The van der Waals surface area contributed by atoms with Crippen molar-refractivity contribution in [3.05, 3.63) is 0 Å². The third kappa shape index (κ3) is 2.08. The first-order chi connectivity index (χ1) is 6.77. The molecule has 0 aromatic carbocycles. The van der Waals surface area contributed by atoms with E-state index in [0.717, 1.165) is 38.6 Å². The number of aliphatic hydroxyl groups is 1. The lowest BCUT2D eigenvalue weighted by molar-refractivity contribution is -0.123. The van der Waals surface area contributed by atoms with Crippen LogP contribution in [0.2, 0.25) is 0 Å². The highest BCUT2D eigenvalue weighted by Crippen LogP contribution is 2.31. The van der Waals surface area contributed by atoms with Crippen molar-refractivity contribution in [3.8, 4) is 0 Å². The Kier molecular flexibility index (Phi) is 3.06. The molecule has 1 heterocycles. The highest BCUT2D eigenvalue weighted by Gasteiger charge is 2.31. The summed E-state index contributed by atoms with van der Waals surface area (Å²) in [5.74, 6) is 0.744. The zero-order chi connectivity index (χ0) is 9.97. The maximum Gasteiger partial charge on any atom is 0.223 e. The quantitative estimate of drug-likeness (QED) is 0.695. The van der Waals surface area contributed by atoms with Crippen LogP contribution < -0.4 is 5.32 Å². The average Bonchev–Trinajstić information content (AvgIpc) is 2.56. The van der Waals surface area contributed by atoms with Gasteiger partial charge in [0, 0.05) is 12.5 Å². The number of carbonyl (C=O) groups excluding carboxylic acids is 1. The fourth-order valence-corrected chi connectivity index (χ4v) is 2.70. The van der Waals surface area contributed by atoms with Gasteiger partial charge in [-0.15, -0.1) is 0 Å². The zero-order valence-electron chi connectivity index (χ0n) is 8.54. The van der Waals surface area contributed by atoms with E-state index >= 15 is 0 Å². The second-order valence-electron chi connectivity index (χ2n) is 4.62. The summed E-state index contributed by atoms with van der Waals surface area (Å²) >= 11 is 0. The van der Waals surface area contributed by atoms with Crippen molar-refractivity contribution in [2.75, 3.05) is 6.54 Å². The van der Waals surface area contributed by atoms with Crippen molar-refractivity contribution in [1.29, 1.82) is 0 Å². The number of aliphatic hydroxyl groups excluding tert-OH is 1. The molecule has 0 spiro atoms. The van der Waals surface area contributed by atoms with E-state index in [9.17, 15) is 9.90 Å². The molecule has 3 atom stereocenters. The molecule has 2 N–H and O–H groups in total. The van der Waals surface area contributed by atoms with E-state index in [4.69, 9.17) is 0 Å². The van der Waals surface area contributed by atoms with Crippen molar-refractivity contribution >= 4 is 5.91 Å². The Labute approximate surface area is 84.9 Å². The smallest absolute Gasteiger partial charge is 0.223 e. The third-order valence-corrected chi connectivity index (χ3v) is 3.62. The molecule has 3 nitrogen and oxygen atoms in total. The topological polar surface area (TPSA) is 49.3 Å². The second-order valence-corrected chi connectivity index (χ2v) is 4.62. The number of nitrogens with one attached hydrogen (secondary N) is 1. The van der Waals surface area contributed by atoms with E-state index in [0.29, 0.717) is 5.92 Å². The average molecular weight is 197 g/mol. The van der Waals surface area contributed by atoms with Gasteiger partial charge in [-0.3, -0.25) is 4.79 Å². The molecule has 3 heteroatoms. The molecule has 2 fully saturated rings. The monoisotopic (exact) mass is 197 g/mol. The number of hydrogen-bond acceptors (Lipinski definition) is 2. The fraction of sp³-hybridized carbons (Fsp3) is 0.909. The van der Waals surface area contributed by atoms with Gasteiger partial charge in [0.05, 0.1) is 6.10 Å². The van der Waals surface area contributed by atoms with Crippen molar-refractivity contribution in [1.82, 2.24) is 5.32 Å². The fourth-order valence-electron chi connectivity index (χ4n) is 2.70. The van der Waals surface area contributed by atoms with E-state index in [-0.39, 0.29) is 17.9 Å². The van der Waals surface area contributed by atoms with Crippen LogP contribution in [0, 0.1) is 11.8 Å². The van der Waals surface area contributed by atoms with E-state index < -0.39 is 0 Å². The van der Waals surface area contributed by atoms with Crippen LogP contribution in [0.3, 0.4) is 0 Å². The van der Waals surface area contributed by atoms with Gasteiger partial charge in [0.2, 0.25) is 5.91 Å². The van der Waals surface area contributed by atoms with Crippen LogP contribution in [0.25, 0.3) is 0 Å². The summed E-state index contributed by atoms with van der Waals surface area (Å²) in [4.78, 5) is 11.4. The molecule has 0 radical (unpaired) electrons. The van der Waals surface area contributed by atoms with Gasteiger partial charge >= 0.3 is 0 Å². The first-order valence-corrected chi connectivity index (χ1v) is 5.73. The Morgan fingerprint density at radius 1 is 1.29 bits per heavy atom. The lowest BCUT2D eigenvalue weighted by Gasteiger charge is -2.28. The summed E-state index contributed by atoms with van der Waals surface area (Å²) in [5, 5.41) is 12.6. The Balaban J connectivity index is 1.86. The first kappa shape index (κ1) is 9.97. The Morgan fingerprint density at radius 3 is 2.71 bits per heavy atom. The number of rotatable bonds is 2. The molecule has 14 heavy (non-hydrogen) atoms. The van der Waals surface area contributed by atoms with Crippen molar-refractivity contribution < 1.29 is 9.90 Å². The molecule has 80 valence electrons. The molecule has 0 aromatic heterocycles. The minimum Gasteiger partial charge on any atom is -0.393 e. The molecule has 1 saturated carbocycles. The number of hydrogen-bond donors (Lipinski definition) is 2. The molecular weight excluding hydrogens is 178 g/mol. The molecule has 0 aromatic rings. The highest BCUT2D eigenvalue weighted by molar-refractivity contribution is 5.80. The molecule has 1 saturated heterocycles. The minimum absolute atomic E-state index is 0.155. The van der Waals surface area contributed by atoms with Crippen LogP contribution in [0.4, 0.5) is 0 Å². The zero-order valence-corrected chi connectivity index (χ0v) is 8.54. The van der Waals surface area contributed by atoms with Gasteiger partial charge in [-0.1, -0.05) is 12.8 Å². The maximum absolute atomic E-state index is 11.4. The lowest BCUT2D eigenvalue weighted by Crippen LogP contribution is -2.29. The second kappa shape index (κ2) is 4.30. The van der Waals surface area contributed by atoms with E-state index in [1.54, 1.807) is 0 Å². The summed E-state index contributed by atoms with van der Waals surface area (Å²) < 4.78 is 0. The summed E-state index contributed by atoms with van der Waals surface area (Å²) in [6.07, 6.45) is 6.10. The first-order valence-electron chi connectivity index (χ1n) is 5.73. The molecule has 2 aliphatic rings. The molecule has 2 rings (SSSR count). The normalized spacial score (nSPS) is 38.4. The van der Waals surface area contributed by atoms with Crippen LogP contribution >= 0.6 is 0 Å². The van der Waals surface area contributed by atoms with E-state index in [1.807, 2.05) is 0 Å². The van der Waals surface area contributed by atoms with Crippen molar-refractivity contribution in [2.45, 2.75) is 44.6 Å². The summed E-state index contributed by atoms with van der Waals surface area (Å²) in [6.45, 7) is 0.826. The van der Waals surface area contributed by atoms with E-state index in [1.165, 1.54) is 6.42 Å². The van der Waals surface area contributed by atoms with Crippen LogP contribution in [0.5, 0.6) is 0 Å². The van der Waals surface area contributed by atoms with Gasteiger partial charge in [-0.2, -0.15) is 0 Å². The molecule has 1 aliphatic heterocycles. The van der Waals surface area contributed by atoms with E-state index in [2.05, 4.69) is 5.32 Å². The molecular formula is C11H19NO2. The third-order valence-electron chi connectivity index (χ3n) is 3.62. The van der Waals surface area contributed by atoms with Crippen molar-refractivity contribution in [2.24, 2.45) is 11.8 Å². The Hall–Kier alpha value is -0.570. The Bertz CT molecular complexity index is 217. The van der Waals surface area contributed by atoms with Crippen LogP contribution in [-0.2, 0) is 4.79 Å². The molecule has 1 amide bonds. The van der Waals surface area contributed by atoms with Gasteiger partial charge in [-0.05, 0) is 31.6 Å². The van der Waals surface area contributed by atoms with Gasteiger partial charge in [-0.25, -0.2) is 0 Å². The van der Waals surface area contributed by atoms with Crippen LogP contribution in [0.15, 0.2) is 0 Å². The van der Waals surface area contributed by atoms with Crippen LogP contribution in [-0.4, -0.2) is 23.7 Å². The predicted octanol–water partition coefficient (Wildman–Crippen LogP) is 1.06. The SMILES string of the molecule is O=C1NCCC1CC1CCCCC1O. The minimum atomic E-state index is -0.155. The lowest BCUT2D eigenvalue weighted by atomic mass is 9.80. The predicted molar refractivity (Wildman–Crippen MR) is 53.7 cm³/mol. The van der Waals surface area contributed by atoms with Gasteiger partial charge in [0.25, 0.3) is 0 Å². The summed E-state index contributed by atoms with van der Waals surface area (Å²) in [6, 6.07) is 0. The number of carbonyl (C=O) groups is 1. The van der Waals surface area contributed by atoms with Gasteiger partial charge in [0.1, 0.15) is 0 Å². The van der Waals surface area contributed by atoms with Gasteiger partial charge in [0.15, 0.2) is 0 Å². The van der Waals surface area contributed by atoms with Crippen molar-refractivity contribution in [3.63, 3.8) is 0 Å².